The third-order valence-corrected chi connectivity index (χ3v) is 2.15. The van der Waals surface area contributed by atoms with Gasteiger partial charge in [-0.05, 0) is 27.2 Å². The fourth-order valence-electron chi connectivity index (χ4n) is 1.07. The van der Waals surface area contributed by atoms with E-state index < -0.39 is 11.4 Å². The molecule has 3 N–H and O–H groups in total. The van der Waals surface area contributed by atoms with Crippen LogP contribution in [0.4, 0.5) is 0 Å². The zero-order valence-electron chi connectivity index (χ0n) is 9.41. The highest BCUT2D eigenvalue weighted by atomic mass is 16.4. The predicted molar refractivity (Wildman–Crippen MR) is 55.3 cm³/mol. The lowest BCUT2D eigenvalue weighted by Crippen LogP contribution is -2.38. The van der Waals surface area contributed by atoms with Gasteiger partial charge < -0.3 is 15.5 Å². The van der Waals surface area contributed by atoms with E-state index in [1.165, 1.54) is 13.8 Å². The number of aliphatic carboxylic acids is 1. The van der Waals surface area contributed by atoms with Gasteiger partial charge in [0, 0.05) is 19.1 Å². The zero-order valence-corrected chi connectivity index (χ0v) is 9.41. The topological polar surface area (TPSA) is 86.6 Å². The minimum absolute atomic E-state index is 0.00374. The van der Waals surface area contributed by atoms with Crippen LogP contribution in [0.5, 0.6) is 0 Å². The lowest BCUT2D eigenvalue weighted by molar-refractivity contribution is -0.149. The van der Waals surface area contributed by atoms with Crippen LogP contribution in [0.25, 0.3) is 0 Å². The highest BCUT2D eigenvalue weighted by Crippen LogP contribution is 2.20. The molecule has 0 bridgehead atoms. The number of nitrogens with one attached hydrogen (secondary N) is 1. The van der Waals surface area contributed by atoms with Gasteiger partial charge in [0.05, 0.1) is 5.41 Å². The fourth-order valence-corrected chi connectivity index (χ4v) is 1.07. The maximum Gasteiger partial charge on any atom is 0.309 e. The third-order valence-electron chi connectivity index (χ3n) is 2.15. The Morgan fingerprint density at radius 1 is 1.40 bits per heavy atom. The molecule has 0 radical (unpaired) electrons. The summed E-state index contributed by atoms with van der Waals surface area (Å²) in [5.41, 5.74) is -1.05. The number of carbonyl (C=O) groups excluding carboxylic acids is 1. The van der Waals surface area contributed by atoms with E-state index in [0.29, 0.717) is 6.42 Å². The Balaban J connectivity index is 4.09. The molecule has 0 aromatic rings. The molecule has 0 saturated carbocycles. The molecule has 0 heterocycles. The summed E-state index contributed by atoms with van der Waals surface area (Å²) < 4.78 is 0. The van der Waals surface area contributed by atoms with Gasteiger partial charge in [-0.3, -0.25) is 9.59 Å². The summed E-state index contributed by atoms with van der Waals surface area (Å²) in [5, 5.41) is 20.1. The normalized spacial score (nSPS) is 13.3. The number of amides is 1. The molecule has 88 valence electrons. The molecular formula is C10H19NO4. The molecule has 0 fully saturated rings. The molecule has 5 nitrogen and oxygen atoms in total. The quantitative estimate of drug-likeness (QED) is 0.600. The Bertz CT molecular complexity index is 238. The molecule has 1 amide bonds. The van der Waals surface area contributed by atoms with E-state index >= 15 is 0 Å². The minimum atomic E-state index is -1.05. The first-order chi connectivity index (χ1) is 6.79. The summed E-state index contributed by atoms with van der Waals surface area (Å²) in [7, 11) is 0. The number of aliphatic hydroxyl groups is 1. The summed E-state index contributed by atoms with van der Waals surface area (Å²) in [6.07, 6.45) is 0.414. The average molecular weight is 217 g/mol. The lowest BCUT2D eigenvalue weighted by Gasteiger charge is -2.20. The molecule has 0 aliphatic rings. The number of carboxylic acids is 1. The SMILES string of the molecule is CC(CCO)NC(=O)CC(C)(C)C(=O)O. The lowest BCUT2D eigenvalue weighted by atomic mass is 9.89. The smallest absolute Gasteiger partial charge is 0.309 e. The summed E-state index contributed by atoms with van der Waals surface area (Å²) >= 11 is 0. The van der Waals surface area contributed by atoms with Gasteiger partial charge in [-0.15, -0.1) is 0 Å². The first-order valence-corrected chi connectivity index (χ1v) is 4.93. The highest BCUT2D eigenvalue weighted by Gasteiger charge is 2.30. The zero-order chi connectivity index (χ0) is 12.1. The average Bonchev–Trinajstić information content (AvgIpc) is 2.02. The van der Waals surface area contributed by atoms with Crippen molar-refractivity contribution in [1.29, 1.82) is 0 Å². The number of hydrogen-bond donors (Lipinski definition) is 3. The van der Waals surface area contributed by atoms with Crippen LogP contribution in [-0.4, -0.2) is 34.7 Å². The molecule has 0 aliphatic carbocycles. The predicted octanol–water partition coefficient (Wildman–Crippen LogP) is 0.374. The van der Waals surface area contributed by atoms with Crippen molar-refractivity contribution < 1.29 is 19.8 Å². The van der Waals surface area contributed by atoms with Crippen molar-refractivity contribution in [1.82, 2.24) is 5.32 Å². The van der Waals surface area contributed by atoms with Crippen LogP contribution in [0.2, 0.25) is 0 Å². The maximum absolute atomic E-state index is 11.4. The van der Waals surface area contributed by atoms with Gasteiger partial charge in [-0.1, -0.05) is 0 Å². The van der Waals surface area contributed by atoms with Crippen LogP contribution >= 0.6 is 0 Å². The van der Waals surface area contributed by atoms with Gasteiger partial charge in [-0.2, -0.15) is 0 Å². The van der Waals surface area contributed by atoms with Crippen molar-refractivity contribution in [3.63, 3.8) is 0 Å². The molecule has 0 saturated heterocycles. The van der Waals surface area contributed by atoms with Gasteiger partial charge >= 0.3 is 5.97 Å². The first kappa shape index (κ1) is 13.9. The summed E-state index contributed by atoms with van der Waals surface area (Å²) in [4.78, 5) is 22.1. The molecule has 0 rings (SSSR count). The Labute approximate surface area is 89.5 Å². The van der Waals surface area contributed by atoms with E-state index in [0.717, 1.165) is 0 Å². The van der Waals surface area contributed by atoms with Gasteiger partial charge in [0.2, 0.25) is 5.91 Å². The molecule has 0 aliphatic heterocycles. The minimum Gasteiger partial charge on any atom is -0.481 e. The number of carbonyl (C=O) groups is 2. The van der Waals surface area contributed by atoms with E-state index in [-0.39, 0.29) is 25.0 Å². The molecule has 0 spiro atoms. The third kappa shape index (κ3) is 5.37. The van der Waals surface area contributed by atoms with Gasteiger partial charge in [0.15, 0.2) is 0 Å². The van der Waals surface area contributed by atoms with Crippen molar-refractivity contribution in [2.45, 2.75) is 39.7 Å². The molecule has 5 heteroatoms. The maximum atomic E-state index is 11.4. The van der Waals surface area contributed by atoms with E-state index in [2.05, 4.69) is 5.32 Å². The Hall–Kier alpha value is -1.10. The van der Waals surface area contributed by atoms with Crippen molar-refractivity contribution in [2.24, 2.45) is 5.41 Å². The summed E-state index contributed by atoms with van der Waals surface area (Å²) in [6, 6.07) is -0.132. The monoisotopic (exact) mass is 217 g/mol. The largest absolute Gasteiger partial charge is 0.481 e. The summed E-state index contributed by atoms with van der Waals surface area (Å²) in [5.74, 6) is -1.30. The van der Waals surface area contributed by atoms with Gasteiger partial charge in [0.25, 0.3) is 0 Å². The van der Waals surface area contributed by atoms with Crippen LogP contribution in [0.1, 0.15) is 33.6 Å². The van der Waals surface area contributed by atoms with Crippen LogP contribution in [0.3, 0.4) is 0 Å². The van der Waals surface area contributed by atoms with Crippen LogP contribution < -0.4 is 5.32 Å². The Morgan fingerprint density at radius 2 is 1.93 bits per heavy atom. The second kappa shape index (κ2) is 5.70. The molecule has 15 heavy (non-hydrogen) atoms. The molecule has 1 unspecified atom stereocenters. The van der Waals surface area contributed by atoms with E-state index in [9.17, 15) is 9.59 Å². The fraction of sp³-hybridized carbons (Fsp3) is 0.800. The standard InChI is InChI=1S/C10H19NO4/c1-7(4-5-12)11-8(13)6-10(2,3)9(14)15/h7,12H,4-6H2,1-3H3,(H,11,13)(H,14,15). The van der Waals surface area contributed by atoms with Crippen LogP contribution in [0, 0.1) is 5.41 Å². The molecule has 0 aromatic carbocycles. The van der Waals surface area contributed by atoms with Gasteiger partial charge in [-0.25, -0.2) is 0 Å². The highest BCUT2D eigenvalue weighted by molar-refractivity contribution is 5.84. The number of rotatable bonds is 6. The first-order valence-electron chi connectivity index (χ1n) is 4.93. The number of carboxylic acid groups (broad SMARTS) is 1. The summed E-state index contributed by atoms with van der Waals surface area (Å²) in [6.45, 7) is 4.78. The number of aliphatic hydroxyl groups excluding tert-OH is 1. The Kier molecular flexibility index (Phi) is 5.28. The molecule has 0 aromatic heterocycles. The van der Waals surface area contributed by atoms with Gasteiger partial charge in [0.1, 0.15) is 0 Å². The van der Waals surface area contributed by atoms with Crippen LogP contribution in [-0.2, 0) is 9.59 Å². The van der Waals surface area contributed by atoms with Crippen molar-refractivity contribution in [3.8, 4) is 0 Å². The van der Waals surface area contributed by atoms with Crippen molar-refractivity contribution >= 4 is 11.9 Å². The van der Waals surface area contributed by atoms with Crippen LogP contribution in [0.15, 0.2) is 0 Å². The van der Waals surface area contributed by atoms with E-state index in [4.69, 9.17) is 10.2 Å². The van der Waals surface area contributed by atoms with E-state index in [1.54, 1.807) is 6.92 Å². The van der Waals surface area contributed by atoms with E-state index in [1.807, 2.05) is 0 Å². The number of hydrogen-bond acceptors (Lipinski definition) is 3. The molecule has 1 atom stereocenters. The van der Waals surface area contributed by atoms with Crippen molar-refractivity contribution in [3.05, 3.63) is 0 Å². The van der Waals surface area contributed by atoms with Crippen molar-refractivity contribution in [2.75, 3.05) is 6.61 Å². The second-order valence-electron chi connectivity index (χ2n) is 4.35. The Morgan fingerprint density at radius 3 is 2.33 bits per heavy atom. The second-order valence-corrected chi connectivity index (χ2v) is 4.35. The molecular weight excluding hydrogens is 198 g/mol.